The summed E-state index contributed by atoms with van der Waals surface area (Å²) in [5, 5.41) is 0.985. The number of anilines is 1. The van der Waals surface area contributed by atoms with E-state index in [2.05, 4.69) is 42.0 Å². The first-order valence-corrected chi connectivity index (χ1v) is 6.14. The highest BCUT2D eigenvalue weighted by Crippen LogP contribution is 2.22. The SMILES string of the molecule is CC(C)c1nsc(N(CCN)C(C)C)n1. The van der Waals surface area contributed by atoms with Crippen molar-refractivity contribution in [1.29, 1.82) is 0 Å². The fourth-order valence-corrected chi connectivity index (χ4v) is 2.26. The van der Waals surface area contributed by atoms with Gasteiger partial charge in [0.25, 0.3) is 0 Å². The van der Waals surface area contributed by atoms with Crippen molar-refractivity contribution in [1.82, 2.24) is 9.36 Å². The van der Waals surface area contributed by atoms with Crippen LogP contribution in [0.25, 0.3) is 0 Å². The van der Waals surface area contributed by atoms with Gasteiger partial charge >= 0.3 is 0 Å². The Morgan fingerprint density at radius 3 is 2.40 bits per heavy atom. The third-order valence-electron chi connectivity index (χ3n) is 2.19. The van der Waals surface area contributed by atoms with Gasteiger partial charge in [-0.25, -0.2) is 4.98 Å². The van der Waals surface area contributed by atoms with Crippen molar-refractivity contribution in [2.45, 2.75) is 39.7 Å². The minimum Gasteiger partial charge on any atom is -0.343 e. The molecule has 0 amide bonds. The number of hydrogen-bond acceptors (Lipinski definition) is 5. The first-order valence-electron chi connectivity index (χ1n) is 5.36. The average molecular weight is 228 g/mol. The van der Waals surface area contributed by atoms with Crippen LogP contribution in [0.4, 0.5) is 5.13 Å². The Kier molecular flexibility index (Phi) is 4.47. The lowest BCUT2D eigenvalue weighted by Crippen LogP contribution is -2.35. The van der Waals surface area contributed by atoms with Crippen molar-refractivity contribution in [3.8, 4) is 0 Å². The van der Waals surface area contributed by atoms with Crippen molar-refractivity contribution in [2.24, 2.45) is 5.73 Å². The van der Waals surface area contributed by atoms with Crippen LogP contribution in [0, 0.1) is 0 Å². The van der Waals surface area contributed by atoms with Gasteiger partial charge in [-0.05, 0) is 13.8 Å². The van der Waals surface area contributed by atoms with Crippen LogP contribution in [0.5, 0.6) is 0 Å². The second-order valence-corrected chi connectivity index (χ2v) is 4.90. The topological polar surface area (TPSA) is 55.0 Å². The summed E-state index contributed by atoms with van der Waals surface area (Å²) in [5.74, 6) is 1.32. The van der Waals surface area contributed by atoms with E-state index in [-0.39, 0.29) is 0 Å². The first kappa shape index (κ1) is 12.4. The summed E-state index contributed by atoms with van der Waals surface area (Å²) < 4.78 is 4.35. The minimum absolute atomic E-state index is 0.391. The van der Waals surface area contributed by atoms with Gasteiger partial charge in [-0.1, -0.05) is 13.8 Å². The Bertz CT molecular complexity index is 295. The number of nitrogens with zero attached hydrogens (tertiary/aromatic N) is 3. The van der Waals surface area contributed by atoms with Crippen LogP contribution < -0.4 is 10.6 Å². The summed E-state index contributed by atoms with van der Waals surface area (Å²) >= 11 is 1.46. The molecule has 0 fully saturated rings. The fourth-order valence-electron chi connectivity index (χ4n) is 1.29. The first-order chi connectivity index (χ1) is 7.06. The Morgan fingerprint density at radius 2 is 2.00 bits per heavy atom. The molecule has 1 rings (SSSR count). The molecule has 0 unspecified atom stereocenters. The number of nitrogens with two attached hydrogens (primary N) is 1. The van der Waals surface area contributed by atoms with E-state index in [1.807, 2.05) is 0 Å². The van der Waals surface area contributed by atoms with Gasteiger partial charge in [0.2, 0.25) is 5.13 Å². The van der Waals surface area contributed by atoms with Crippen LogP contribution in [0.1, 0.15) is 39.4 Å². The van der Waals surface area contributed by atoms with E-state index < -0.39 is 0 Å². The third kappa shape index (κ3) is 3.14. The van der Waals surface area contributed by atoms with Crippen LogP contribution in [0.2, 0.25) is 0 Å². The molecule has 0 atom stereocenters. The molecule has 4 nitrogen and oxygen atoms in total. The molecule has 0 bridgehead atoms. The van der Waals surface area contributed by atoms with Gasteiger partial charge in [-0.2, -0.15) is 4.37 Å². The quantitative estimate of drug-likeness (QED) is 0.835. The van der Waals surface area contributed by atoms with E-state index in [9.17, 15) is 0 Å². The monoisotopic (exact) mass is 228 g/mol. The molecule has 0 aliphatic rings. The Balaban J connectivity index is 2.81. The number of aromatic nitrogens is 2. The van der Waals surface area contributed by atoms with Crippen molar-refractivity contribution in [3.63, 3.8) is 0 Å². The molecular formula is C10H20N4S. The van der Waals surface area contributed by atoms with Gasteiger partial charge in [0.05, 0.1) is 0 Å². The van der Waals surface area contributed by atoms with Gasteiger partial charge < -0.3 is 10.6 Å². The van der Waals surface area contributed by atoms with E-state index in [1.54, 1.807) is 0 Å². The van der Waals surface area contributed by atoms with Crippen LogP contribution in [-0.4, -0.2) is 28.5 Å². The zero-order valence-electron chi connectivity index (χ0n) is 9.90. The number of rotatable bonds is 5. The molecule has 0 aliphatic carbocycles. The van der Waals surface area contributed by atoms with E-state index in [4.69, 9.17) is 5.73 Å². The predicted octanol–water partition coefficient (Wildman–Crippen LogP) is 1.83. The van der Waals surface area contributed by atoms with Crippen molar-refractivity contribution >= 4 is 16.7 Å². The maximum absolute atomic E-state index is 5.59. The average Bonchev–Trinajstić information content (AvgIpc) is 2.62. The number of hydrogen-bond donors (Lipinski definition) is 1. The molecule has 0 aromatic carbocycles. The van der Waals surface area contributed by atoms with E-state index in [0.29, 0.717) is 18.5 Å². The summed E-state index contributed by atoms with van der Waals surface area (Å²) in [7, 11) is 0. The lowest BCUT2D eigenvalue weighted by atomic mass is 10.2. The Labute approximate surface area is 95.7 Å². The van der Waals surface area contributed by atoms with Crippen molar-refractivity contribution < 1.29 is 0 Å². The molecule has 1 heterocycles. The summed E-state index contributed by atoms with van der Waals surface area (Å²) in [5.41, 5.74) is 5.59. The van der Waals surface area contributed by atoms with Gasteiger partial charge in [0, 0.05) is 36.6 Å². The van der Waals surface area contributed by atoms with Gasteiger partial charge in [-0.15, -0.1) is 0 Å². The highest BCUT2D eigenvalue weighted by molar-refractivity contribution is 7.09. The smallest absolute Gasteiger partial charge is 0.205 e. The highest BCUT2D eigenvalue weighted by atomic mass is 32.1. The van der Waals surface area contributed by atoms with Gasteiger partial charge in [0.1, 0.15) is 5.82 Å². The van der Waals surface area contributed by atoms with E-state index in [1.165, 1.54) is 11.5 Å². The second kappa shape index (κ2) is 5.42. The molecule has 0 aliphatic heterocycles. The Morgan fingerprint density at radius 1 is 1.33 bits per heavy atom. The second-order valence-electron chi connectivity index (χ2n) is 4.17. The van der Waals surface area contributed by atoms with Crippen LogP contribution in [-0.2, 0) is 0 Å². The predicted molar refractivity (Wildman–Crippen MR) is 65.5 cm³/mol. The molecule has 5 heteroatoms. The Hall–Kier alpha value is -0.680. The summed E-state index contributed by atoms with van der Waals surface area (Å²) in [6.45, 7) is 9.99. The van der Waals surface area contributed by atoms with Crippen molar-refractivity contribution in [2.75, 3.05) is 18.0 Å². The van der Waals surface area contributed by atoms with Crippen LogP contribution in [0.15, 0.2) is 0 Å². The zero-order valence-corrected chi connectivity index (χ0v) is 10.7. The standard InChI is InChI=1S/C10H20N4S/c1-7(2)9-12-10(15-13-9)14(6-5-11)8(3)4/h7-8H,5-6,11H2,1-4H3. The zero-order chi connectivity index (χ0) is 11.4. The molecule has 0 spiro atoms. The summed E-state index contributed by atoms with van der Waals surface area (Å²) in [6, 6.07) is 0.418. The van der Waals surface area contributed by atoms with Gasteiger partial charge in [0.15, 0.2) is 0 Å². The molecule has 86 valence electrons. The highest BCUT2D eigenvalue weighted by Gasteiger charge is 2.15. The van der Waals surface area contributed by atoms with Crippen LogP contribution in [0.3, 0.4) is 0 Å². The van der Waals surface area contributed by atoms with Gasteiger partial charge in [-0.3, -0.25) is 0 Å². The lowest BCUT2D eigenvalue weighted by Gasteiger charge is -2.24. The largest absolute Gasteiger partial charge is 0.343 e. The molecule has 0 radical (unpaired) electrons. The minimum atomic E-state index is 0.391. The molecule has 0 saturated carbocycles. The molecule has 2 N–H and O–H groups in total. The lowest BCUT2D eigenvalue weighted by molar-refractivity contribution is 0.677. The third-order valence-corrected chi connectivity index (χ3v) is 2.95. The van der Waals surface area contributed by atoms with E-state index >= 15 is 0 Å². The van der Waals surface area contributed by atoms with Crippen LogP contribution >= 0.6 is 11.5 Å². The normalized spacial score (nSPS) is 11.4. The van der Waals surface area contributed by atoms with Crippen molar-refractivity contribution in [3.05, 3.63) is 5.82 Å². The summed E-state index contributed by atoms with van der Waals surface area (Å²) in [6.07, 6.45) is 0. The molecule has 15 heavy (non-hydrogen) atoms. The molecule has 0 saturated heterocycles. The molecule has 1 aromatic rings. The fraction of sp³-hybridized carbons (Fsp3) is 0.800. The maximum Gasteiger partial charge on any atom is 0.205 e. The van der Waals surface area contributed by atoms with E-state index in [0.717, 1.165) is 17.5 Å². The maximum atomic E-state index is 5.59. The summed E-state index contributed by atoms with van der Waals surface area (Å²) in [4.78, 5) is 6.73. The molecule has 1 aromatic heterocycles. The molecular weight excluding hydrogens is 208 g/mol.